The zero-order valence-corrected chi connectivity index (χ0v) is 10.8. The molecule has 1 aromatic carbocycles. The fourth-order valence-corrected chi connectivity index (χ4v) is 2.11. The Balaban J connectivity index is 2.62. The molecule has 0 saturated carbocycles. The minimum atomic E-state index is 0.478. The van der Waals surface area contributed by atoms with Crippen molar-refractivity contribution < 1.29 is 4.52 Å². The van der Waals surface area contributed by atoms with Gasteiger partial charge in [-0.15, -0.1) is 0 Å². The van der Waals surface area contributed by atoms with E-state index in [9.17, 15) is 0 Å². The Bertz CT molecular complexity index is 520. The Morgan fingerprint density at radius 2 is 2.19 bits per heavy atom. The minimum Gasteiger partial charge on any atom is -0.381 e. The van der Waals surface area contributed by atoms with Crippen LogP contribution in [0.5, 0.6) is 0 Å². The van der Waals surface area contributed by atoms with Gasteiger partial charge < -0.3 is 10.3 Å². The third kappa shape index (κ3) is 1.85. The van der Waals surface area contributed by atoms with Crippen LogP contribution >= 0.6 is 15.9 Å². The summed E-state index contributed by atoms with van der Waals surface area (Å²) in [7, 11) is 0. The van der Waals surface area contributed by atoms with E-state index in [4.69, 9.17) is 10.3 Å². The maximum Gasteiger partial charge on any atom is 0.173 e. The van der Waals surface area contributed by atoms with Crippen LogP contribution in [-0.4, -0.2) is 5.16 Å². The number of benzene rings is 1. The summed E-state index contributed by atoms with van der Waals surface area (Å²) in [5.74, 6) is 1.24. The van der Waals surface area contributed by atoms with Gasteiger partial charge in [0.1, 0.15) is 0 Å². The van der Waals surface area contributed by atoms with Crippen molar-refractivity contribution in [2.45, 2.75) is 20.3 Å². The Kier molecular flexibility index (Phi) is 3.01. The number of aryl methyl sites for hydroxylation is 1. The number of nitrogen functional groups attached to an aromatic ring is 1. The summed E-state index contributed by atoms with van der Waals surface area (Å²) in [6.45, 7) is 4.08. The van der Waals surface area contributed by atoms with Crippen LogP contribution < -0.4 is 5.73 Å². The standard InChI is InChI=1S/C12H13BrN2O/c1-3-8-11(16-15-12(8)14)9-6-7(2)4-5-10(9)13/h4-6H,3H2,1-2H3,(H2,14,15). The van der Waals surface area contributed by atoms with Crippen LogP contribution in [0.15, 0.2) is 27.2 Å². The zero-order chi connectivity index (χ0) is 11.7. The normalized spacial score (nSPS) is 10.7. The lowest BCUT2D eigenvalue weighted by Crippen LogP contribution is -1.91. The molecule has 0 fully saturated rings. The first-order valence-corrected chi connectivity index (χ1v) is 5.93. The highest BCUT2D eigenvalue weighted by atomic mass is 79.9. The van der Waals surface area contributed by atoms with Crippen molar-refractivity contribution >= 4 is 21.7 Å². The van der Waals surface area contributed by atoms with E-state index in [-0.39, 0.29) is 0 Å². The van der Waals surface area contributed by atoms with Crippen LogP contribution in [0.2, 0.25) is 0 Å². The number of nitrogens with two attached hydrogens (primary N) is 1. The van der Waals surface area contributed by atoms with E-state index in [0.717, 1.165) is 27.8 Å². The molecule has 0 aliphatic heterocycles. The van der Waals surface area contributed by atoms with Gasteiger partial charge in [-0.2, -0.15) is 0 Å². The molecule has 1 aromatic heterocycles. The number of nitrogens with zero attached hydrogens (tertiary/aromatic N) is 1. The van der Waals surface area contributed by atoms with Crippen LogP contribution in [0, 0.1) is 6.92 Å². The Labute approximate surface area is 103 Å². The highest BCUT2D eigenvalue weighted by molar-refractivity contribution is 9.10. The van der Waals surface area contributed by atoms with Crippen molar-refractivity contribution in [3.8, 4) is 11.3 Å². The lowest BCUT2D eigenvalue weighted by molar-refractivity contribution is 0.435. The molecular formula is C12H13BrN2O. The molecule has 84 valence electrons. The predicted octanol–water partition coefficient (Wildman–Crippen LogP) is 3.56. The third-order valence-corrected chi connectivity index (χ3v) is 3.23. The second kappa shape index (κ2) is 4.29. The van der Waals surface area contributed by atoms with Crippen molar-refractivity contribution in [1.82, 2.24) is 5.16 Å². The maximum absolute atomic E-state index is 5.76. The number of aromatic nitrogens is 1. The van der Waals surface area contributed by atoms with Crippen molar-refractivity contribution in [3.05, 3.63) is 33.8 Å². The Morgan fingerprint density at radius 3 is 2.88 bits per heavy atom. The average Bonchev–Trinajstić information content (AvgIpc) is 2.63. The molecule has 3 nitrogen and oxygen atoms in total. The van der Waals surface area contributed by atoms with Gasteiger partial charge in [0.05, 0.1) is 0 Å². The van der Waals surface area contributed by atoms with Crippen LogP contribution in [0.3, 0.4) is 0 Å². The van der Waals surface area contributed by atoms with Crippen LogP contribution in [0.4, 0.5) is 5.82 Å². The number of rotatable bonds is 2. The molecule has 0 radical (unpaired) electrons. The van der Waals surface area contributed by atoms with E-state index in [1.165, 1.54) is 5.56 Å². The van der Waals surface area contributed by atoms with E-state index in [0.29, 0.717) is 5.82 Å². The number of hydrogen-bond acceptors (Lipinski definition) is 3. The van der Waals surface area contributed by atoms with Gasteiger partial charge in [-0.25, -0.2) is 0 Å². The van der Waals surface area contributed by atoms with E-state index in [2.05, 4.69) is 27.2 Å². The van der Waals surface area contributed by atoms with Crippen LogP contribution in [-0.2, 0) is 6.42 Å². The summed E-state index contributed by atoms with van der Waals surface area (Å²) >= 11 is 3.51. The van der Waals surface area contributed by atoms with Gasteiger partial charge in [-0.1, -0.05) is 39.6 Å². The first-order valence-electron chi connectivity index (χ1n) is 5.14. The fourth-order valence-electron chi connectivity index (χ4n) is 1.69. The van der Waals surface area contributed by atoms with Crippen LogP contribution in [0.1, 0.15) is 18.1 Å². The van der Waals surface area contributed by atoms with Gasteiger partial charge in [0, 0.05) is 15.6 Å². The molecule has 0 amide bonds. The van der Waals surface area contributed by atoms with Crippen molar-refractivity contribution in [2.75, 3.05) is 5.73 Å². The van der Waals surface area contributed by atoms with Crippen molar-refractivity contribution in [1.29, 1.82) is 0 Å². The first-order chi connectivity index (χ1) is 7.63. The van der Waals surface area contributed by atoms with E-state index in [1.54, 1.807) is 0 Å². The third-order valence-electron chi connectivity index (χ3n) is 2.54. The molecule has 2 N–H and O–H groups in total. The summed E-state index contributed by atoms with van der Waals surface area (Å²) in [4.78, 5) is 0. The molecule has 0 spiro atoms. The highest BCUT2D eigenvalue weighted by Crippen LogP contribution is 2.34. The van der Waals surface area contributed by atoms with Crippen molar-refractivity contribution in [2.24, 2.45) is 0 Å². The Hall–Kier alpha value is -1.29. The molecule has 0 bridgehead atoms. The zero-order valence-electron chi connectivity index (χ0n) is 9.25. The second-order valence-corrected chi connectivity index (χ2v) is 4.57. The fraction of sp³-hybridized carbons (Fsp3) is 0.250. The van der Waals surface area contributed by atoms with Gasteiger partial charge in [-0.3, -0.25) is 0 Å². The number of hydrogen-bond donors (Lipinski definition) is 1. The quantitative estimate of drug-likeness (QED) is 0.915. The van der Waals surface area contributed by atoms with Gasteiger partial charge in [0.2, 0.25) is 0 Å². The number of anilines is 1. The summed E-state index contributed by atoms with van der Waals surface area (Å²) in [5, 5.41) is 3.82. The van der Waals surface area contributed by atoms with E-state index in [1.807, 2.05) is 26.0 Å². The molecule has 0 aliphatic rings. The molecule has 1 heterocycles. The lowest BCUT2D eigenvalue weighted by Gasteiger charge is -2.03. The summed E-state index contributed by atoms with van der Waals surface area (Å²) in [6.07, 6.45) is 0.811. The molecule has 0 atom stereocenters. The van der Waals surface area contributed by atoms with Gasteiger partial charge in [-0.05, 0) is 25.5 Å². The van der Waals surface area contributed by atoms with E-state index >= 15 is 0 Å². The van der Waals surface area contributed by atoms with Crippen LogP contribution in [0.25, 0.3) is 11.3 Å². The van der Waals surface area contributed by atoms with Gasteiger partial charge in [0.15, 0.2) is 11.6 Å². The second-order valence-electron chi connectivity index (χ2n) is 3.71. The highest BCUT2D eigenvalue weighted by Gasteiger charge is 2.16. The molecule has 2 rings (SSSR count). The molecule has 0 unspecified atom stereocenters. The van der Waals surface area contributed by atoms with Crippen molar-refractivity contribution in [3.63, 3.8) is 0 Å². The molecule has 4 heteroatoms. The first kappa shape index (κ1) is 11.2. The summed E-state index contributed by atoms with van der Waals surface area (Å²) < 4.78 is 6.29. The SMILES string of the molecule is CCc1c(N)noc1-c1cc(C)ccc1Br. The molecule has 16 heavy (non-hydrogen) atoms. The largest absolute Gasteiger partial charge is 0.381 e. The molecule has 0 aliphatic carbocycles. The predicted molar refractivity (Wildman–Crippen MR) is 68.2 cm³/mol. The molecule has 0 saturated heterocycles. The minimum absolute atomic E-state index is 0.478. The molecular weight excluding hydrogens is 268 g/mol. The average molecular weight is 281 g/mol. The molecule has 2 aromatic rings. The summed E-state index contributed by atoms with van der Waals surface area (Å²) in [5.41, 5.74) is 8.90. The smallest absolute Gasteiger partial charge is 0.173 e. The van der Waals surface area contributed by atoms with E-state index < -0.39 is 0 Å². The maximum atomic E-state index is 5.76. The van der Waals surface area contributed by atoms with Gasteiger partial charge >= 0.3 is 0 Å². The summed E-state index contributed by atoms with van der Waals surface area (Å²) in [6, 6.07) is 6.10. The number of halogens is 1. The van der Waals surface area contributed by atoms with Gasteiger partial charge in [0.25, 0.3) is 0 Å². The lowest BCUT2D eigenvalue weighted by atomic mass is 10.0. The Morgan fingerprint density at radius 1 is 1.44 bits per heavy atom. The monoisotopic (exact) mass is 280 g/mol. The topological polar surface area (TPSA) is 52.0 Å².